The number of benzene rings is 2. The lowest BCUT2D eigenvalue weighted by atomic mass is 10.1. The number of carbonyl (C=O) groups is 1. The van der Waals surface area contributed by atoms with Gasteiger partial charge in [0, 0.05) is 5.69 Å². The quantitative estimate of drug-likeness (QED) is 0.873. The summed E-state index contributed by atoms with van der Waals surface area (Å²) in [6.07, 6.45) is 0.0482. The molecule has 0 bridgehead atoms. The average molecular weight is 313 g/mol. The van der Waals surface area contributed by atoms with Crippen LogP contribution in [0.1, 0.15) is 24.5 Å². The summed E-state index contributed by atoms with van der Waals surface area (Å²) < 4.78 is 10.9. The maximum atomic E-state index is 12.4. The number of amides is 1. The molecule has 0 heterocycles. The SMILES string of the molecule is CC[C@H](Oc1ccc(OC)cc1)C(=O)Nc1cc(C)cc(C)c1. The molecule has 0 aromatic heterocycles. The Bertz CT molecular complexity index is 645. The summed E-state index contributed by atoms with van der Waals surface area (Å²) in [5.41, 5.74) is 3.03. The van der Waals surface area contributed by atoms with E-state index in [0.29, 0.717) is 12.2 Å². The number of nitrogens with one attached hydrogen (secondary N) is 1. The number of carbonyl (C=O) groups excluding carboxylic acids is 1. The summed E-state index contributed by atoms with van der Waals surface area (Å²) >= 11 is 0. The number of anilines is 1. The number of hydrogen-bond acceptors (Lipinski definition) is 3. The lowest BCUT2D eigenvalue weighted by molar-refractivity contribution is -0.122. The molecule has 23 heavy (non-hydrogen) atoms. The normalized spacial score (nSPS) is 11.7. The van der Waals surface area contributed by atoms with Crippen molar-refractivity contribution in [3.05, 3.63) is 53.6 Å². The number of methoxy groups -OCH3 is 1. The minimum atomic E-state index is -0.538. The zero-order chi connectivity index (χ0) is 16.8. The molecule has 122 valence electrons. The molecule has 1 amide bonds. The smallest absolute Gasteiger partial charge is 0.265 e. The van der Waals surface area contributed by atoms with Gasteiger partial charge in [0.05, 0.1) is 7.11 Å². The largest absolute Gasteiger partial charge is 0.497 e. The third kappa shape index (κ3) is 4.74. The first-order valence-corrected chi connectivity index (χ1v) is 7.71. The van der Waals surface area contributed by atoms with Crippen molar-refractivity contribution in [3.8, 4) is 11.5 Å². The van der Waals surface area contributed by atoms with Gasteiger partial charge in [0.15, 0.2) is 6.10 Å². The molecule has 0 aliphatic rings. The van der Waals surface area contributed by atoms with Crippen molar-refractivity contribution >= 4 is 11.6 Å². The molecule has 0 aliphatic heterocycles. The van der Waals surface area contributed by atoms with E-state index in [1.54, 1.807) is 19.2 Å². The molecular formula is C19H23NO3. The standard InChI is InChI=1S/C19H23NO3/c1-5-18(23-17-8-6-16(22-4)7-9-17)19(21)20-15-11-13(2)10-14(3)12-15/h6-12,18H,5H2,1-4H3,(H,20,21)/t18-/m0/s1. The molecule has 1 atom stereocenters. The Balaban J connectivity index is 2.05. The van der Waals surface area contributed by atoms with Crippen LogP contribution in [0.25, 0.3) is 0 Å². The van der Waals surface area contributed by atoms with Crippen LogP contribution in [0.15, 0.2) is 42.5 Å². The lowest BCUT2D eigenvalue weighted by Gasteiger charge is -2.18. The first kappa shape index (κ1) is 16.9. The van der Waals surface area contributed by atoms with Gasteiger partial charge in [-0.3, -0.25) is 4.79 Å². The maximum Gasteiger partial charge on any atom is 0.265 e. The Morgan fingerprint density at radius 1 is 1.04 bits per heavy atom. The van der Waals surface area contributed by atoms with Crippen molar-refractivity contribution in [2.75, 3.05) is 12.4 Å². The molecule has 0 radical (unpaired) electrons. The molecule has 4 heteroatoms. The summed E-state index contributed by atoms with van der Waals surface area (Å²) in [5.74, 6) is 1.26. The van der Waals surface area contributed by atoms with Gasteiger partial charge in [0.2, 0.25) is 0 Å². The predicted octanol–water partition coefficient (Wildman–Crippen LogP) is 4.11. The van der Waals surface area contributed by atoms with Gasteiger partial charge < -0.3 is 14.8 Å². The van der Waals surface area contributed by atoms with E-state index in [-0.39, 0.29) is 5.91 Å². The third-order valence-corrected chi connectivity index (χ3v) is 3.49. The van der Waals surface area contributed by atoms with Crippen LogP contribution in [0.3, 0.4) is 0 Å². The molecule has 0 unspecified atom stereocenters. The fraction of sp³-hybridized carbons (Fsp3) is 0.316. The van der Waals surface area contributed by atoms with Crippen molar-refractivity contribution in [3.63, 3.8) is 0 Å². The second-order valence-corrected chi connectivity index (χ2v) is 5.56. The van der Waals surface area contributed by atoms with Crippen LogP contribution in [0, 0.1) is 13.8 Å². The highest BCUT2D eigenvalue weighted by atomic mass is 16.5. The number of aryl methyl sites for hydroxylation is 2. The Kier molecular flexibility index (Phi) is 5.63. The number of ether oxygens (including phenoxy) is 2. The van der Waals surface area contributed by atoms with Crippen LogP contribution in [0.4, 0.5) is 5.69 Å². The van der Waals surface area contributed by atoms with E-state index in [4.69, 9.17) is 9.47 Å². The van der Waals surface area contributed by atoms with Gasteiger partial charge in [-0.25, -0.2) is 0 Å². The van der Waals surface area contributed by atoms with Gasteiger partial charge in [-0.15, -0.1) is 0 Å². The maximum absolute atomic E-state index is 12.4. The van der Waals surface area contributed by atoms with Crippen LogP contribution in [-0.4, -0.2) is 19.1 Å². The van der Waals surface area contributed by atoms with Gasteiger partial charge in [-0.05, 0) is 67.8 Å². The molecule has 0 saturated heterocycles. The third-order valence-electron chi connectivity index (χ3n) is 3.49. The highest BCUT2D eigenvalue weighted by Crippen LogP contribution is 2.20. The highest BCUT2D eigenvalue weighted by molar-refractivity contribution is 5.94. The zero-order valence-corrected chi connectivity index (χ0v) is 14.1. The van der Waals surface area contributed by atoms with E-state index in [1.807, 2.05) is 45.0 Å². The van der Waals surface area contributed by atoms with Gasteiger partial charge in [-0.1, -0.05) is 13.0 Å². The highest BCUT2D eigenvalue weighted by Gasteiger charge is 2.18. The summed E-state index contributed by atoms with van der Waals surface area (Å²) in [6, 6.07) is 13.2. The van der Waals surface area contributed by atoms with Crippen molar-refractivity contribution in [2.45, 2.75) is 33.3 Å². The topological polar surface area (TPSA) is 47.6 Å². The van der Waals surface area contributed by atoms with Crippen molar-refractivity contribution in [1.29, 1.82) is 0 Å². The van der Waals surface area contributed by atoms with Gasteiger partial charge >= 0.3 is 0 Å². The molecule has 2 aromatic carbocycles. The van der Waals surface area contributed by atoms with Crippen molar-refractivity contribution in [1.82, 2.24) is 0 Å². The van der Waals surface area contributed by atoms with Crippen LogP contribution in [0.2, 0.25) is 0 Å². The van der Waals surface area contributed by atoms with Crippen LogP contribution in [-0.2, 0) is 4.79 Å². The van der Waals surface area contributed by atoms with E-state index in [2.05, 4.69) is 11.4 Å². The monoisotopic (exact) mass is 313 g/mol. The summed E-state index contributed by atoms with van der Waals surface area (Å²) in [7, 11) is 1.61. The minimum Gasteiger partial charge on any atom is -0.497 e. The van der Waals surface area contributed by atoms with E-state index >= 15 is 0 Å². The zero-order valence-electron chi connectivity index (χ0n) is 14.1. The summed E-state index contributed by atoms with van der Waals surface area (Å²) in [4.78, 5) is 12.4. The molecule has 0 aliphatic carbocycles. The molecule has 1 N–H and O–H groups in total. The van der Waals surface area contributed by atoms with E-state index in [0.717, 1.165) is 22.6 Å². The molecular weight excluding hydrogens is 290 g/mol. The number of hydrogen-bond donors (Lipinski definition) is 1. The molecule has 0 fully saturated rings. The second kappa shape index (κ2) is 7.68. The van der Waals surface area contributed by atoms with E-state index in [9.17, 15) is 4.79 Å². The van der Waals surface area contributed by atoms with E-state index < -0.39 is 6.10 Å². The average Bonchev–Trinajstić information content (AvgIpc) is 2.52. The Morgan fingerprint density at radius 3 is 2.13 bits per heavy atom. The van der Waals surface area contributed by atoms with Crippen LogP contribution < -0.4 is 14.8 Å². The van der Waals surface area contributed by atoms with Gasteiger partial charge in [0.25, 0.3) is 5.91 Å². The first-order valence-electron chi connectivity index (χ1n) is 7.71. The molecule has 2 rings (SSSR count). The minimum absolute atomic E-state index is 0.145. The fourth-order valence-electron chi connectivity index (χ4n) is 2.41. The Morgan fingerprint density at radius 2 is 1.61 bits per heavy atom. The number of rotatable bonds is 6. The van der Waals surface area contributed by atoms with E-state index in [1.165, 1.54) is 0 Å². The van der Waals surface area contributed by atoms with Crippen molar-refractivity contribution < 1.29 is 14.3 Å². The Labute approximate surface area is 137 Å². The lowest BCUT2D eigenvalue weighted by Crippen LogP contribution is -2.32. The second-order valence-electron chi connectivity index (χ2n) is 5.56. The summed E-state index contributed by atoms with van der Waals surface area (Å²) in [5, 5.41) is 2.93. The van der Waals surface area contributed by atoms with Crippen molar-refractivity contribution in [2.24, 2.45) is 0 Å². The summed E-state index contributed by atoms with van der Waals surface area (Å²) in [6.45, 7) is 5.94. The molecule has 0 saturated carbocycles. The van der Waals surface area contributed by atoms with Crippen LogP contribution in [0.5, 0.6) is 11.5 Å². The fourth-order valence-corrected chi connectivity index (χ4v) is 2.41. The predicted molar refractivity (Wildman–Crippen MR) is 92.2 cm³/mol. The molecule has 4 nitrogen and oxygen atoms in total. The first-order chi connectivity index (χ1) is 11.0. The van der Waals surface area contributed by atoms with Crippen LogP contribution >= 0.6 is 0 Å². The molecule has 2 aromatic rings. The molecule has 0 spiro atoms. The van der Waals surface area contributed by atoms with Gasteiger partial charge in [-0.2, -0.15) is 0 Å². The van der Waals surface area contributed by atoms with Gasteiger partial charge in [0.1, 0.15) is 11.5 Å². The Hall–Kier alpha value is -2.49.